The van der Waals surface area contributed by atoms with Crippen molar-refractivity contribution in [1.29, 1.82) is 0 Å². The summed E-state index contributed by atoms with van der Waals surface area (Å²) in [5.74, 6) is -2.48. The molecule has 12 heteroatoms. The van der Waals surface area contributed by atoms with Gasteiger partial charge in [-0.1, -0.05) is 54.6 Å². The zero-order chi connectivity index (χ0) is 33.8. The number of hydrogen-bond acceptors (Lipinski definition) is 7. The summed E-state index contributed by atoms with van der Waals surface area (Å²) in [7, 11) is 3.15. The molecular weight excluding hydrogens is 604 g/mol. The molecule has 0 saturated carbocycles. The van der Waals surface area contributed by atoms with E-state index in [1.807, 2.05) is 30.3 Å². The van der Waals surface area contributed by atoms with Crippen molar-refractivity contribution in [3.05, 3.63) is 95.6 Å². The first-order valence-corrected chi connectivity index (χ1v) is 15.4. The Bertz CT molecular complexity index is 1560. The van der Waals surface area contributed by atoms with E-state index < -0.39 is 29.9 Å². The summed E-state index contributed by atoms with van der Waals surface area (Å²) in [5, 5.41) is 15.2. The van der Waals surface area contributed by atoms with Gasteiger partial charge in [0.2, 0.25) is 11.8 Å². The number of hydrogen-bond donors (Lipinski definition) is 3. The number of nitrogens with one attached hydrogen (secondary N) is 2. The van der Waals surface area contributed by atoms with Crippen LogP contribution in [0.2, 0.25) is 0 Å². The van der Waals surface area contributed by atoms with Gasteiger partial charge in [-0.05, 0) is 49.1 Å². The number of likely N-dealkylation sites (N-methyl/N-ethyl adjacent to an activating group) is 2. The molecule has 1 heterocycles. The lowest BCUT2D eigenvalue weighted by molar-refractivity contribution is -0.140. The van der Waals surface area contributed by atoms with Crippen molar-refractivity contribution in [2.45, 2.75) is 37.8 Å². The molecule has 248 valence electrons. The molecule has 3 aromatic rings. The molecule has 0 saturated heterocycles. The van der Waals surface area contributed by atoms with Crippen molar-refractivity contribution in [2.75, 3.05) is 40.4 Å². The molecule has 1 aliphatic rings. The second-order valence-electron chi connectivity index (χ2n) is 11.3. The molecule has 1 aliphatic heterocycles. The lowest BCUT2D eigenvalue weighted by Crippen LogP contribution is -2.44. The van der Waals surface area contributed by atoms with Crippen molar-refractivity contribution in [3.63, 3.8) is 0 Å². The number of carbonyl (C=O) groups is 5. The highest BCUT2D eigenvalue weighted by molar-refractivity contribution is 5.99. The topological polar surface area (TPSA) is 155 Å². The van der Waals surface area contributed by atoms with Crippen molar-refractivity contribution in [2.24, 2.45) is 0 Å². The molecule has 47 heavy (non-hydrogen) atoms. The number of para-hydroxylation sites is 2. The maximum Gasteiger partial charge on any atom is 0.326 e. The van der Waals surface area contributed by atoms with Crippen LogP contribution in [0.1, 0.15) is 45.5 Å². The number of ether oxygens (including phenoxy) is 2. The fraction of sp³-hybridized carbons (Fsp3) is 0.343. The van der Waals surface area contributed by atoms with Crippen LogP contribution in [0.15, 0.2) is 78.9 Å². The first-order chi connectivity index (χ1) is 22.6. The van der Waals surface area contributed by atoms with Crippen LogP contribution >= 0.6 is 0 Å². The Labute approximate surface area is 273 Å². The molecule has 3 aromatic carbocycles. The summed E-state index contributed by atoms with van der Waals surface area (Å²) in [6, 6.07) is 20.8. The summed E-state index contributed by atoms with van der Waals surface area (Å²) in [6.45, 7) is 0.273. The molecule has 0 fully saturated rings. The van der Waals surface area contributed by atoms with Gasteiger partial charge in [-0.15, -0.1) is 0 Å². The number of nitrogens with zero attached hydrogens (tertiary/aromatic N) is 2. The summed E-state index contributed by atoms with van der Waals surface area (Å²) >= 11 is 0. The molecule has 2 atom stereocenters. The maximum atomic E-state index is 13.5. The third-order valence-electron chi connectivity index (χ3n) is 7.81. The number of carboxylic acids is 1. The monoisotopic (exact) mass is 644 g/mol. The zero-order valence-electron chi connectivity index (χ0n) is 26.5. The van der Waals surface area contributed by atoms with Gasteiger partial charge in [0.15, 0.2) is 0 Å². The first-order valence-electron chi connectivity index (χ1n) is 15.4. The highest BCUT2D eigenvalue weighted by Crippen LogP contribution is 2.22. The number of amides is 4. The largest absolute Gasteiger partial charge is 0.493 e. The van der Waals surface area contributed by atoms with Gasteiger partial charge < -0.3 is 35.0 Å². The fourth-order valence-electron chi connectivity index (χ4n) is 5.10. The smallest absolute Gasteiger partial charge is 0.326 e. The van der Waals surface area contributed by atoms with Crippen molar-refractivity contribution < 1.29 is 38.6 Å². The molecule has 0 unspecified atom stereocenters. The Morgan fingerprint density at radius 1 is 0.872 bits per heavy atom. The van der Waals surface area contributed by atoms with E-state index in [4.69, 9.17) is 9.47 Å². The van der Waals surface area contributed by atoms with Crippen LogP contribution in [0.5, 0.6) is 11.5 Å². The Hall–Kier alpha value is -5.39. The van der Waals surface area contributed by atoms with Crippen molar-refractivity contribution in [1.82, 2.24) is 20.4 Å². The second kappa shape index (κ2) is 16.8. The van der Waals surface area contributed by atoms with Crippen LogP contribution in [0.3, 0.4) is 0 Å². The molecule has 0 spiro atoms. The van der Waals surface area contributed by atoms with E-state index >= 15 is 0 Å². The predicted molar refractivity (Wildman–Crippen MR) is 173 cm³/mol. The Balaban J connectivity index is 1.61. The minimum Gasteiger partial charge on any atom is -0.493 e. The molecule has 12 nitrogen and oxygen atoms in total. The Kier molecular flexibility index (Phi) is 12.3. The van der Waals surface area contributed by atoms with E-state index in [2.05, 4.69) is 10.6 Å². The van der Waals surface area contributed by atoms with Crippen molar-refractivity contribution in [3.8, 4) is 11.5 Å². The summed E-state index contributed by atoms with van der Waals surface area (Å²) < 4.78 is 11.9. The summed E-state index contributed by atoms with van der Waals surface area (Å²) in [4.78, 5) is 67.5. The zero-order valence-corrected chi connectivity index (χ0v) is 26.5. The molecule has 0 bridgehead atoms. The molecule has 0 aliphatic carbocycles. The molecular formula is C35H40N4O8. The van der Waals surface area contributed by atoms with Gasteiger partial charge in [0, 0.05) is 27.1 Å². The minimum atomic E-state index is -1.33. The average molecular weight is 645 g/mol. The number of rotatable bonds is 3. The minimum absolute atomic E-state index is 0.0293. The van der Waals surface area contributed by atoms with Crippen LogP contribution in [0.25, 0.3) is 0 Å². The third kappa shape index (κ3) is 9.80. The quantitative estimate of drug-likeness (QED) is 0.393. The van der Waals surface area contributed by atoms with Crippen LogP contribution in [-0.2, 0) is 20.8 Å². The number of carbonyl (C=O) groups excluding carboxylic acids is 4. The van der Waals surface area contributed by atoms with E-state index in [0.29, 0.717) is 18.6 Å². The van der Waals surface area contributed by atoms with E-state index in [-0.39, 0.29) is 67.8 Å². The Morgan fingerprint density at radius 2 is 1.51 bits per heavy atom. The van der Waals surface area contributed by atoms with Gasteiger partial charge in [-0.3, -0.25) is 19.2 Å². The number of aliphatic carboxylic acids is 1. The van der Waals surface area contributed by atoms with E-state index in [9.17, 15) is 29.1 Å². The van der Waals surface area contributed by atoms with E-state index in [1.54, 1.807) is 49.5 Å². The third-order valence-corrected chi connectivity index (χ3v) is 7.81. The fourth-order valence-corrected chi connectivity index (χ4v) is 5.10. The van der Waals surface area contributed by atoms with Crippen molar-refractivity contribution >= 4 is 29.6 Å². The standard InChI is InChI=1S/C35H40N4O8/c1-38-22-31(40)36-19-10-20-46-29-15-8-6-13-26(29)33(42)37-28(35(44)45)17-18-32(41)39(2)25(21-24-11-4-3-5-12-24)23-47-30-16-9-7-14-27(30)34(38)43/h3-9,11-16,25,28H,10,17-23H2,1-2H3,(H,36,40)(H,37,42)(H,44,45)/t25-,28-/m0/s1. The number of fused-ring (bicyclic) bond motifs is 2. The van der Waals surface area contributed by atoms with E-state index in [1.165, 1.54) is 22.9 Å². The molecule has 4 amide bonds. The SMILES string of the molecule is CN1CC(=O)NCCCOc2ccccc2C(=O)N[C@H](C(=O)O)CCC(=O)N(C)[C@@H](Cc2ccccc2)COc2ccccc2C1=O. The van der Waals surface area contributed by atoms with Crippen LogP contribution in [0, 0.1) is 0 Å². The molecule has 4 rings (SSSR count). The van der Waals surface area contributed by atoms with Gasteiger partial charge in [-0.2, -0.15) is 0 Å². The van der Waals surface area contributed by atoms with E-state index in [0.717, 1.165) is 5.56 Å². The van der Waals surface area contributed by atoms with Crippen LogP contribution < -0.4 is 20.1 Å². The van der Waals surface area contributed by atoms with Gasteiger partial charge in [-0.25, -0.2) is 4.79 Å². The van der Waals surface area contributed by atoms with Gasteiger partial charge in [0.1, 0.15) is 24.1 Å². The molecule has 0 aromatic heterocycles. The Morgan fingerprint density at radius 3 is 2.21 bits per heavy atom. The average Bonchev–Trinajstić information content (AvgIpc) is 3.07. The summed E-state index contributed by atoms with van der Waals surface area (Å²) in [5.41, 5.74) is 1.36. The summed E-state index contributed by atoms with van der Waals surface area (Å²) in [6.07, 6.45) is 0.538. The second-order valence-corrected chi connectivity index (χ2v) is 11.3. The van der Waals surface area contributed by atoms with Gasteiger partial charge in [0.25, 0.3) is 11.8 Å². The van der Waals surface area contributed by atoms with Crippen LogP contribution in [-0.4, -0.2) is 97.0 Å². The van der Waals surface area contributed by atoms with Crippen LogP contribution in [0.4, 0.5) is 0 Å². The first kappa shape index (κ1) is 34.5. The normalized spacial score (nSPS) is 19.3. The maximum absolute atomic E-state index is 13.5. The predicted octanol–water partition coefficient (Wildman–Crippen LogP) is 2.77. The lowest BCUT2D eigenvalue weighted by Gasteiger charge is -2.29. The molecule has 3 N–H and O–H groups in total. The highest BCUT2D eigenvalue weighted by Gasteiger charge is 2.27. The number of benzene rings is 3. The van der Waals surface area contributed by atoms with Gasteiger partial charge in [0.05, 0.1) is 30.3 Å². The van der Waals surface area contributed by atoms with Gasteiger partial charge >= 0.3 is 5.97 Å². The highest BCUT2D eigenvalue weighted by atomic mass is 16.5. The number of carboxylic acid groups (broad SMARTS) is 1. The molecule has 0 radical (unpaired) electrons. The lowest BCUT2D eigenvalue weighted by atomic mass is 10.0.